The second kappa shape index (κ2) is 15.1. The number of halogens is 1. The summed E-state index contributed by atoms with van der Waals surface area (Å²) in [5.41, 5.74) is 2.95. The first kappa shape index (κ1) is 24.8. The van der Waals surface area contributed by atoms with Gasteiger partial charge in [0.05, 0.1) is 0 Å². The van der Waals surface area contributed by atoms with E-state index >= 15 is 0 Å². The van der Waals surface area contributed by atoms with E-state index < -0.39 is 7.12 Å². The Kier molecular flexibility index (Phi) is 16.2. The van der Waals surface area contributed by atoms with E-state index in [1.807, 2.05) is 31.2 Å². The Balaban J connectivity index is 0. The van der Waals surface area contributed by atoms with Crippen LogP contribution in [-0.4, -0.2) is 17.2 Å². The predicted octanol–water partition coefficient (Wildman–Crippen LogP) is 1.06. The van der Waals surface area contributed by atoms with Crippen LogP contribution < -0.4 is 24.3 Å². The Bertz CT molecular complexity index is 478. The van der Waals surface area contributed by atoms with Gasteiger partial charge in [0, 0.05) is 4.47 Å². The van der Waals surface area contributed by atoms with Gasteiger partial charge in [0.15, 0.2) is 0 Å². The summed E-state index contributed by atoms with van der Waals surface area (Å²) in [6.07, 6.45) is 2.28. The predicted molar refractivity (Wildman–Crippen MR) is 100 cm³/mol. The fraction of sp³-hybridized carbons (Fsp3) is 0.278. The summed E-state index contributed by atoms with van der Waals surface area (Å²) in [4.78, 5) is 0. The largest absolute Gasteiger partial charge is 1.00 e. The van der Waals surface area contributed by atoms with Crippen molar-refractivity contribution in [2.45, 2.75) is 33.6 Å². The number of unbranched alkanes of at least 4 members (excludes halogenated alkanes) is 1. The Labute approximate surface area is 161 Å². The van der Waals surface area contributed by atoms with E-state index in [0.29, 0.717) is 5.46 Å². The zero-order valence-electron chi connectivity index (χ0n) is 14.6. The normalized spacial score (nSPS) is 8.65. The van der Waals surface area contributed by atoms with Crippen LogP contribution in [0.2, 0.25) is 0 Å². The van der Waals surface area contributed by atoms with Gasteiger partial charge in [0.25, 0.3) is 0 Å². The molecule has 23 heavy (non-hydrogen) atoms. The molecular weight excluding hydrogens is 346 g/mol. The number of aryl methyl sites for hydroxylation is 2. The van der Waals surface area contributed by atoms with Crippen molar-refractivity contribution in [3.05, 3.63) is 71.1 Å². The molecule has 2 rings (SSSR count). The molecule has 0 aliphatic heterocycles. The molecule has 0 saturated heterocycles. The van der Waals surface area contributed by atoms with Gasteiger partial charge < -0.3 is 17.0 Å². The average molecular weight is 371 g/mol. The molecule has 0 heterocycles. The van der Waals surface area contributed by atoms with Gasteiger partial charge in [-0.1, -0.05) is 76.8 Å². The van der Waals surface area contributed by atoms with Crippen LogP contribution >= 0.6 is 15.9 Å². The van der Waals surface area contributed by atoms with Gasteiger partial charge in [-0.3, -0.25) is 0 Å². The summed E-state index contributed by atoms with van der Waals surface area (Å²) in [5.74, 6) is 0. The van der Waals surface area contributed by atoms with Gasteiger partial charge in [-0.2, -0.15) is 6.42 Å². The summed E-state index contributed by atoms with van der Waals surface area (Å²) in [7, 11) is -1.35. The van der Waals surface area contributed by atoms with Crippen molar-refractivity contribution >= 4 is 28.5 Å². The number of benzene rings is 2. The first-order valence-corrected chi connectivity index (χ1v) is 8.14. The molecule has 5 heteroatoms. The second-order valence-electron chi connectivity index (χ2n) is 4.93. The van der Waals surface area contributed by atoms with E-state index in [1.165, 1.54) is 12.0 Å². The summed E-state index contributed by atoms with van der Waals surface area (Å²) >= 11 is 3.35. The van der Waals surface area contributed by atoms with Crippen molar-refractivity contribution in [3.8, 4) is 0 Å². The maximum Gasteiger partial charge on any atom is 1.00 e. The van der Waals surface area contributed by atoms with Gasteiger partial charge in [-0.25, -0.2) is 0 Å². The second-order valence-corrected chi connectivity index (χ2v) is 5.85. The van der Waals surface area contributed by atoms with Gasteiger partial charge in [-0.05, 0) is 31.4 Å². The van der Waals surface area contributed by atoms with E-state index in [1.54, 1.807) is 12.1 Å². The molecule has 0 fully saturated rings. The van der Waals surface area contributed by atoms with E-state index in [-0.39, 0.29) is 18.9 Å². The molecule has 2 aromatic carbocycles. The zero-order chi connectivity index (χ0) is 17.0. The third kappa shape index (κ3) is 13.6. The molecule has 0 spiro atoms. The minimum Gasteiger partial charge on any atom is -0.423 e. The van der Waals surface area contributed by atoms with E-state index in [9.17, 15) is 0 Å². The Morgan fingerprint density at radius 3 is 1.52 bits per heavy atom. The Hall–Kier alpha value is -0.498. The number of hydrogen-bond donors (Lipinski definition) is 2. The smallest absolute Gasteiger partial charge is 0.423 e. The topological polar surface area (TPSA) is 40.5 Å². The third-order valence-corrected chi connectivity index (χ3v) is 3.27. The van der Waals surface area contributed by atoms with Crippen LogP contribution in [0, 0.1) is 20.8 Å². The molecule has 0 atom stereocenters. The first-order valence-electron chi connectivity index (χ1n) is 7.34. The van der Waals surface area contributed by atoms with Crippen molar-refractivity contribution in [1.29, 1.82) is 0 Å². The van der Waals surface area contributed by atoms with E-state index in [4.69, 9.17) is 10.0 Å². The SMILES string of the molecule is Cc1ccc(B(O)O)cc1.Cc1ccc(Br)cc1.[CH2-]CCC.[Li+]. The van der Waals surface area contributed by atoms with Gasteiger partial charge >= 0.3 is 26.0 Å². The molecule has 0 saturated carbocycles. The minimum atomic E-state index is -1.35. The molecule has 0 aromatic heterocycles. The fourth-order valence-corrected chi connectivity index (χ4v) is 1.54. The van der Waals surface area contributed by atoms with Crippen molar-refractivity contribution in [2.24, 2.45) is 0 Å². The van der Waals surface area contributed by atoms with Gasteiger partial charge in [-0.15, -0.1) is 0 Å². The van der Waals surface area contributed by atoms with Crippen LogP contribution in [0.4, 0.5) is 0 Å². The Morgan fingerprint density at radius 2 is 1.26 bits per heavy atom. The molecule has 0 amide bonds. The minimum absolute atomic E-state index is 0. The molecule has 0 aliphatic carbocycles. The quantitative estimate of drug-likeness (QED) is 0.613. The number of hydrogen-bond acceptors (Lipinski definition) is 2. The first-order chi connectivity index (χ1) is 10.4. The molecule has 0 aliphatic rings. The molecule has 2 nitrogen and oxygen atoms in total. The molecule has 2 aromatic rings. The van der Waals surface area contributed by atoms with Gasteiger partial charge in [0.2, 0.25) is 0 Å². The van der Waals surface area contributed by atoms with E-state index in [2.05, 4.69) is 48.8 Å². The summed E-state index contributed by atoms with van der Waals surface area (Å²) in [5, 5.41) is 17.3. The van der Waals surface area contributed by atoms with Crippen LogP contribution in [0.25, 0.3) is 0 Å². The molecule has 120 valence electrons. The maximum absolute atomic E-state index is 8.67. The van der Waals surface area contributed by atoms with Crippen molar-refractivity contribution in [2.75, 3.05) is 0 Å². The van der Waals surface area contributed by atoms with Crippen molar-refractivity contribution in [1.82, 2.24) is 0 Å². The summed E-state index contributed by atoms with van der Waals surface area (Å²) in [6.45, 7) is 9.75. The van der Waals surface area contributed by atoms with E-state index in [0.717, 1.165) is 16.5 Å². The number of rotatable bonds is 2. The van der Waals surface area contributed by atoms with Crippen LogP contribution in [0.15, 0.2) is 53.0 Å². The summed E-state index contributed by atoms with van der Waals surface area (Å²) < 4.78 is 1.14. The fourth-order valence-electron chi connectivity index (χ4n) is 1.27. The standard InChI is InChI=1S/C7H9BO2.C7H7Br.C4H9.Li/c1-6-2-4-7(5-3-6)8(9)10;1-6-2-4-7(8)5-3-6;1-3-4-2;/h2-5,9-10H,1H3;2-5H,1H3;1,3-4H2,2H3;/q;;-1;+1. The maximum atomic E-state index is 8.67. The van der Waals surface area contributed by atoms with Crippen LogP contribution in [0.1, 0.15) is 30.9 Å². The van der Waals surface area contributed by atoms with Crippen molar-refractivity contribution in [3.63, 3.8) is 0 Å². The molecule has 0 bridgehead atoms. The molecule has 0 radical (unpaired) electrons. The van der Waals surface area contributed by atoms with Crippen LogP contribution in [0.5, 0.6) is 0 Å². The summed E-state index contributed by atoms with van der Waals surface area (Å²) in [6, 6.07) is 15.3. The van der Waals surface area contributed by atoms with Gasteiger partial charge in [0.1, 0.15) is 0 Å². The molecular formula is C18H25BBrLiO2. The van der Waals surface area contributed by atoms with Crippen molar-refractivity contribution < 1.29 is 28.9 Å². The Morgan fingerprint density at radius 1 is 0.913 bits per heavy atom. The van der Waals surface area contributed by atoms with Crippen LogP contribution in [-0.2, 0) is 0 Å². The average Bonchev–Trinajstić information content (AvgIpc) is 2.51. The molecule has 0 unspecified atom stereocenters. The van der Waals surface area contributed by atoms with Crippen LogP contribution in [0.3, 0.4) is 0 Å². The monoisotopic (exact) mass is 370 g/mol. The molecule has 2 N–H and O–H groups in total. The third-order valence-electron chi connectivity index (χ3n) is 2.74. The zero-order valence-corrected chi connectivity index (χ0v) is 16.2.